The van der Waals surface area contributed by atoms with Crippen LogP contribution >= 0.6 is 0 Å². The lowest BCUT2D eigenvalue weighted by atomic mass is 10.2. The van der Waals surface area contributed by atoms with Crippen molar-refractivity contribution in [2.24, 2.45) is 0 Å². The first-order chi connectivity index (χ1) is 8.93. The summed E-state index contributed by atoms with van der Waals surface area (Å²) < 4.78 is 0. The number of hydrogen-bond donors (Lipinski definition) is 3. The maximum atomic E-state index is 11.6. The Bertz CT molecular complexity index is 477. The molecule has 1 aromatic rings. The molecule has 0 spiro atoms. The van der Waals surface area contributed by atoms with Gasteiger partial charge in [-0.3, -0.25) is 5.32 Å². The van der Waals surface area contributed by atoms with Gasteiger partial charge in [0.25, 0.3) is 5.95 Å². The van der Waals surface area contributed by atoms with Gasteiger partial charge in [0.15, 0.2) is 0 Å². The lowest BCUT2D eigenvalue weighted by Crippen LogP contribution is -2.43. The van der Waals surface area contributed by atoms with Crippen LogP contribution < -0.4 is 10.6 Å². The molecule has 3 N–H and O–H groups in total. The Hall–Kier alpha value is -2.25. The Morgan fingerprint density at radius 3 is 2.47 bits per heavy atom. The van der Waals surface area contributed by atoms with Crippen LogP contribution in [0.5, 0.6) is 0 Å². The van der Waals surface area contributed by atoms with Gasteiger partial charge in [-0.15, -0.1) is 5.10 Å². The van der Waals surface area contributed by atoms with E-state index in [1.807, 2.05) is 6.92 Å². The fraction of sp³-hybridized carbons (Fsp3) is 0.545. The second kappa shape index (κ2) is 6.62. The van der Waals surface area contributed by atoms with E-state index in [0.29, 0.717) is 24.2 Å². The van der Waals surface area contributed by atoms with Crippen LogP contribution in [0.2, 0.25) is 0 Å². The largest absolute Gasteiger partial charge is 0.480 e. The quantitative estimate of drug-likeness (QED) is 0.728. The number of aromatic nitrogens is 3. The highest BCUT2D eigenvalue weighted by Crippen LogP contribution is 2.02. The third-order valence-electron chi connectivity index (χ3n) is 2.50. The van der Waals surface area contributed by atoms with E-state index >= 15 is 0 Å². The summed E-state index contributed by atoms with van der Waals surface area (Å²) >= 11 is 0. The molecule has 0 aliphatic heterocycles. The topological polar surface area (TPSA) is 117 Å². The number of urea groups is 1. The molecular weight excluding hydrogens is 250 g/mol. The van der Waals surface area contributed by atoms with Crippen molar-refractivity contribution >= 4 is 17.9 Å². The van der Waals surface area contributed by atoms with Gasteiger partial charge < -0.3 is 10.4 Å². The first-order valence-electron chi connectivity index (χ1n) is 5.92. The molecule has 0 radical (unpaired) electrons. The number of carbonyl (C=O) groups is 2. The number of carboxylic acid groups (broad SMARTS) is 1. The standard InChI is InChI=1S/C11H17N5O3/c1-4-5-8(9(17)18)13-11(19)14-10-12-6(2)7(3)15-16-10/h8H,4-5H2,1-3H3,(H,17,18)(H2,12,13,14,16,19)/t8-/m0/s1. The summed E-state index contributed by atoms with van der Waals surface area (Å²) in [5.74, 6) is -1.03. The van der Waals surface area contributed by atoms with Gasteiger partial charge in [0.1, 0.15) is 6.04 Å². The minimum Gasteiger partial charge on any atom is -0.480 e. The van der Waals surface area contributed by atoms with Crippen LogP contribution in [0.15, 0.2) is 0 Å². The van der Waals surface area contributed by atoms with Crippen molar-refractivity contribution in [2.75, 3.05) is 5.32 Å². The minimum atomic E-state index is -1.07. The molecule has 0 unspecified atom stereocenters. The second-order valence-corrected chi connectivity index (χ2v) is 4.08. The van der Waals surface area contributed by atoms with Crippen molar-refractivity contribution in [1.82, 2.24) is 20.5 Å². The van der Waals surface area contributed by atoms with E-state index in [-0.39, 0.29) is 5.95 Å². The summed E-state index contributed by atoms with van der Waals surface area (Å²) in [6.45, 7) is 5.33. The molecule has 104 valence electrons. The van der Waals surface area contributed by atoms with E-state index in [4.69, 9.17) is 5.11 Å². The van der Waals surface area contributed by atoms with Crippen molar-refractivity contribution in [3.05, 3.63) is 11.4 Å². The lowest BCUT2D eigenvalue weighted by molar-refractivity contribution is -0.139. The highest BCUT2D eigenvalue weighted by Gasteiger charge is 2.19. The Morgan fingerprint density at radius 1 is 1.26 bits per heavy atom. The van der Waals surface area contributed by atoms with Crippen molar-refractivity contribution in [3.8, 4) is 0 Å². The molecule has 8 nitrogen and oxygen atoms in total. The molecule has 0 saturated heterocycles. The van der Waals surface area contributed by atoms with Gasteiger partial charge in [-0.05, 0) is 20.3 Å². The van der Waals surface area contributed by atoms with Gasteiger partial charge in [-0.25, -0.2) is 14.6 Å². The third kappa shape index (κ3) is 4.49. The first-order valence-corrected chi connectivity index (χ1v) is 5.92. The van der Waals surface area contributed by atoms with Crippen LogP contribution in [0, 0.1) is 13.8 Å². The van der Waals surface area contributed by atoms with Crippen LogP contribution in [0.1, 0.15) is 31.2 Å². The van der Waals surface area contributed by atoms with Crippen LogP contribution in [-0.2, 0) is 4.79 Å². The summed E-state index contributed by atoms with van der Waals surface area (Å²) in [7, 11) is 0. The van der Waals surface area contributed by atoms with Gasteiger partial charge in [-0.2, -0.15) is 5.10 Å². The smallest absolute Gasteiger partial charge is 0.326 e. The fourth-order valence-corrected chi connectivity index (χ4v) is 1.35. The number of nitrogens with zero attached hydrogens (tertiary/aromatic N) is 3. The number of nitrogens with one attached hydrogen (secondary N) is 2. The number of rotatable bonds is 5. The molecule has 1 rings (SSSR count). The van der Waals surface area contributed by atoms with Crippen molar-refractivity contribution in [3.63, 3.8) is 0 Å². The van der Waals surface area contributed by atoms with E-state index in [1.54, 1.807) is 13.8 Å². The zero-order valence-electron chi connectivity index (χ0n) is 11.1. The summed E-state index contributed by atoms with van der Waals surface area (Å²) in [4.78, 5) is 26.5. The predicted octanol–water partition coefficient (Wildman–Crippen LogP) is 0.863. The van der Waals surface area contributed by atoms with E-state index in [1.165, 1.54) is 0 Å². The van der Waals surface area contributed by atoms with Crippen LogP contribution in [0.25, 0.3) is 0 Å². The predicted molar refractivity (Wildman–Crippen MR) is 67.8 cm³/mol. The maximum absolute atomic E-state index is 11.6. The molecular formula is C11H17N5O3. The van der Waals surface area contributed by atoms with Gasteiger partial charge in [0, 0.05) is 0 Å². The highest BCUT2D eigenvalue weighted by molar-refractivity contribution is 5.90. The van der Waals surface area contributed by atoms with Crippen LogP contribution in [0.4, 0.5) is 10.7 Å². The van der Waals surface area contributed by atoms with Crippen molar-refractivity contribution in [1.29, 1.82) is 0 Å². The summed E-state index contributed by atoms with van der Waals surface area (Å²) in [6.07, 6.45) is 1.01. The molecule has 8 heteroatoms. The molecule has 19 heavy (non-hydrogen) atoms. The Morgan fingerprint density at radius 2 is 1.95 bits per heavy atom. The number of anilines is 1. The fourth-order valence-electron chi connectivity index (χ4n) is 1.35. The number of amides is 2. The van der Waals surface area contributed by atoms with E-state index < -0.39 is 18.0 Å². The first kappa shape index (κ1) is 14.8. The van der Waals surface area contributed by atoms with Crippen LogP contribution in [0.3, 0.4) is 0 Å². The molecule has 1 heterocycles. The summed E-state index contributed by atoms with van der Waals surface area (Å²) in [5.41, 5.74) is 1.31. The molecule has 0 aliphatic carbocycles. The Balaban J connectivity index is 2.63. The Labute approximate surface area is 110 Å². The van der Waals surface area contributed by atoms with E-state index in [0.717, 1.165) is 0 Å². The molecule has 0 bridgehead atoms. The number of aryl methyl sites for hydroxylation is 2. The van der Waals surface area contributed by atoms with Crippen molar-refractivity contribution in [2.45, 2.75) is 39.7 Å². The van der Waals surface area contributed by atoms with E-state index in [9.17, 15) is 9.59 Å². The molecule has 0 aliphatic rings. The van der Waals surface area contributed by atoms with Gasteiger partial charge in [0.05, 0.1) is 11.4 Å². The molecule has 0 fully saturated rings. The molecule has 0 aromatic carbocycles. The lowest BCUT2D eigenvalue weighted by Gasteiger charge is -2.13. The Kier molecular flexibility index (Phi) is 5.16. The average molecular weight is 267 g/mol. The van der Waals surface area contributed by atoms with Crippen LogP contribution in [-0.4, -0.2) is 38.3 Å². The second-order valence-electron chi connectivity index (χ2n) is 4.08. The summed E-state index contributed by atoms with van der Waals surface area (Å²) in [6, 6.07) is -1.59. The van der Waals surface area contributed by atoms with Crippen molar-refractivity contribution < 1.29 is 14.7 Å². The third-order valence-corrected chi connectivity index (χ3v) is 2.50. The number of aliphatic carboxylic acids is 1. The molecule has 2 amide bonds. The summed E-state index contributed by atoms with van der Waals surface area (Å²) in [5, 5.41) is 21.1. The zero-order chi connectivity index (χ0) is 14.4. The number of hydrogen-bond acceptors (Lipinski definition) is 5. The zero-order valence-corrected chi connectivity index (χ0v) is 11.1. The highest BCUT2D eigenvalue weighted by atomic mass is 16.4. The normalized spacial score (nSPS) is 11.7. The van der Waals surface area contributed by atoms with E-state index in [2.05, 4.69) is 25.8 Å². The average Bonchev–Trinajstić information content (AvgIpc) is 2.33. The SMILES string of the molecule is CCC[C@H](NC(=O)Nc1nnc(C)c(C)n1)C(=O)O. The molecule has 0 saturated carbocycles. The van der Waals surface area contributed by atoms with Gasteiger partial charge >= 0.3 is 12.0 Å². The number of carbonyl (C=O) groups excluding carboxylic acids is 1. The van der Waals surface area contributed by atoms with Gasteiger partial charge in [-0.1, -0.05) is 13.3 Å². The molecule has 1 atom stereocenters. The molecule has 1 aromatic heterocycles. The maximum Gasteiger partial charge on any atom is 0.326 e. The minimum absolute atomic E-state index is 0.0428. The monoisotopic (exact) mass is 267 g/mol. The number of carboxylic acids is 1. The van der Waals surface area contributed by atoms with Gasteiger partial charge in [0.2, 0.25) is 0 Å².